The molecular weight excluding hydrogens is 214 g/mol. The highest BCUT2D eigenvalue weighted by molar-refractivity contribution is 5.26. The maximum Gasteiger partial charge on any atom is 0.119 e. The summed E-state index contributed by atoms with van der Waals surface area (Å²) in [6.45, 7) is 8.82. The first-order valence-electron chi connectivity index (χ1n) is 6.31. The first kappa shape index (κ1) is 12.4. The molecule has 17 heavy (non-hydrogen) atoms. The Morgan fingerprint density at radius 3 is 2.82 bits per heavy atom. The highest BCUT2D eigenvalue weighted by Gasteiger charge is 2.19. The lowest BCUT2D eigenvalue weighted by molar-refractivity contribution is -0.0464. The number of likely N-dealkylation sites (N-methyl/N-ethyl adjacent to an activating group) is 1. The molecule has 0 saturated carbocycles. The van der Waals surface area contributed by atoms with E-state index in [0.29, 0.717) is 6.61 Å². The van der Waals surface area contributed by atoms with Crippen molar-refractivity contribution in [1.82, 2.24) is 4.90 Å². The Bertz CT molecular complexity index is 337. The molecule has 1 aliphatic heterocycles. The zero-order valence-electron chi connectivity index (χ0n) is 10.7. The fraction of sp³-hybridized carbons (Fsp3) is 0.571. The molecule has 94 valence electrons. The molecule has 0 N–H and O–H groups in total. The van der Waals surface area contributed by atoms with Gasteiger partial charge < -0.3 is 9.47 Å². The van der Waals surface area contributed by atoms with Crippen LogP contribution in [0.5, 0.6) is 5.75 Å². The number of rotatable bonds is 4. The Morgan fingerprint density at radius 1 is 1.35 bits per heavy atom. The van der Waals surface area contributed by atoms with Crippen LogP contribution in [-0.4, -0.2) is 43.9 Å². The molecule has 0 amide bonds. The Balaban J connectivity index is 1.79. The van der Waals surface area contributed by atoms with Crippen molar-refractivity contribution in [3.05, 3.63) is 29.8 Å². The number of hydrogen-bond acceptors (Lipinski definition) is 3. The second-order valence-corrected chi connectivity index (χ2v) is 4.51. The van der Waals surface area contributed by atoms with Crippen LogP contribution in [0, 0.1) is 6.92 Å². The molecule has 0 aromatic heterocycles. The number of aryl methyl sites for hydroxylation is 1. The maximum atomic E-state index is 5.74. The second kappa shape index (κ2) is 6.03. The van der Waals surface area contributed by atoms with Gasteiger partial charge in [0.1, 0.15) is 18.5 Å². The predicted octanol–water partition coefficient (Wildman–Crippen LogP) is 2.09. The van der Waals surface area contributed by atoms with Gasteiger partial charge in [0, 0.05) is 13.1 Å². The van der Waals surface area contributed by atoms with Gasteiger partial charge in [-0.25, -0.2) is 0 Å². The molecule has 0 aliphatic carbocycles. The predicted molar refractivity (Wildman–Crippen MR) is 68.5 cm³/mol. The van der Waals surface area contributed by atoms with Crippen LogP contribution >= 0.6 is 0 Å². The largest absolute Gasteiger partial charge is 0.491 e. The molecule has 1 unspecified atom stereocenters. The summed E-state index contributed by atoms with van der Waals surface area (Å²) >= 11 is 0. The fourth-order valence-electron chi connectivity index (χ4n) is 1.99. The summed E-state index contributed by atoms with van der Waals surface area (Å²) < 4.78 is 11.4. The minimum atomic E-state index is 0.199. The number of hydrogen-bond donors (Lipinski definition) is 0. The van der Waals surface area contributed by atoms with E-state index in [-0.39, 0.29) is 6.10 Å². The molecule has 1 saturated heterocycles. The monoisotopic (exact) mass is 235 g/mol. The number of morpholine rings is 1. The Morgan fingerprint density at radius 2 is 2.12 bits per heavy atom. The first-order valence-corrected chi connectivity index (χ1v) is 6.31. The molecule has 0 spiro atoms. The van der Waals surface area contributed by atoms with Gasteiger partial charge in [-0.2, -0.15) is 0 Å². The molecule has 2 rings (SSSR count). The van der Waals surface area contributed by atoms with Crippen LogP contribution in [0.4, 0.5) is 0 Å². The normalized spacial score (nSPS) is 21.4. The molecule has 1 atom stereocenters. The van der Waals surface area contributed by atoms with Crippen LogP contribution in [0.25, 0.3) is 0 Å². The second-order valence-electron chi connectivity index (χ2n) is 4.51. The van der Waals surface area contributed by atoms with Gasteiger partial charge in [-0.15, -0.1) is 0 Å². The van der Waals surface area contributed by atoms with E-state index in [0.717, 1.165) is 32.0 Å². The van der Waals surface area contributed by atoms with Crippen LogP contribution in [0.1, 0.15) is 12.5 Å². The smallest absolute Gasteiger partial charge is 0.119 e. The molecule has 1 aliphatic rings. The van der Waals surface area contributed by atoms with Crippen molar-refractivity contribution in [3.63, 3.8) is 0 Å². The summed E-state index contributed by atoms with van der Waals surface area (Å²) in [4.78, 5) is 2.40. The van der Waals surface area contributed by atoms with E-state index in [9.17, 15) is 0 Å². The third kappa shape index (κ3) is 3.72. The van der Waals surface area contributed by atoms with Crippen molar-refractivity contribution in [2.45, 2.75) is 20.0 Å². The zero-order chi connectivity index (χ0) is 12.1. The molecule has 1 aromatic carbocycles. The van der Waals surface area contributed by atoms with Gasteiger partial charge >= 0.3 is 0 Å². The Kier molecular flexibility index (Phi) is 4.40. The summed E-state index contributed by atoms with van der Waals surface area (Å²) in [7, 11) is 0. The van der Waals surface area contributed by atoms with Crippen LogP contribution in [0.3, 0.4) is 0 Å². The lowest BCUT2D eigenvalue weighted by atomic mass is 10.2. The summed E-state index contributed by atoms with van der Waals surface area (Å²) in [5.41, 5.74) is 1.25. The molecular formula is C14H21NO2. The quantitative estimate of drug-likeness (QED) is 0.797. The highest BCUT2D eigenvalue weighted by atomic mass is 16.5. The number of ether oxygens (including phenoxy) is 2. The Hall–Kier alpha value is -1.06. The van der Waals surface area contributed by atoms with Crippen LogP contribution in [0.15, 0.2) is 24.3 Å². The SMILES string of the molecule is CCN1CCOC(COc2ccc(C)cc2)C1. The minimum absolute atomic E-state index is 0.199. The number of benzene rings is 1. The minimum Gasteiger partial charge on any atom is -0.491 e. The van der Waals surface area contributed by atoms with Crippen LogP contribution in [-0.2, 0) is 4.74 Å². The van der Waals surface area contributed by atoms with E-state index in [4.69, 9.17) is 9.47 Å². The third-order valence-corrected chi connectivity index (χ3v) is 3.13. The molecule has 3 heteroatoms. The summed E-state index contributed by atoms with van der Waals surface area (Å²) in [5.74, 6) is 0.924. The van der Waals surface area contributed by atoms with Gasteiger partial charge in [0.2, 0.25) is 0 Å². The van der Waals surface area contributed by atoms with Gasteiger partial charge in [0.15, 0.2) is 0 Å². The van der Waals surface area contributed by atoms with Crippen molar-refractivity contribution in [3.8, 4) is 5.75 Å². The van der Waals surface area contributed by atoms with Crippen molar-refractivity contribution in [1.29, 1.82) is 0 Å². The Labute approximate surface area is 103 Å². The van der Waals surface area contributed by atoms with E-state index >= 15 is 0 Å². The third-order valence-electron chi connectivity index (χ3n) is 3.13. The summed E-state index contributed by atoms with van der Waals surface area (Å²) in [5, 5.41) is 0. The van der Waals surface area contributed by atoms with E-state index in [1.54, 1.807) is 0 Å². The van der Waals surface area contributed by atoms with E-state index < -0.39 is 0 Å². The summed E-state index contributed by atoms with van der Waals surface area (Å²) in [6, 6.07) is 8.15. The molecule has 1 heterocycles. The maximum absolute atomic E-state index is 5.74. The summed E-state index contributed by atoms with van der Waals surface area (Å²) in [6.07, 6.45) is 0.199. The van der Waals surface area contributed by atoms with Crippen molar-refractivity contribution >= 4 is 0 Å². The molecule has 0 bridgehead atoms. The average molecular weight is 235 g/mol. The van der Waals surface area contributed by atoms with Crippen molar-refractivity contribution < 1.29 is 9.47 Å². The standard InChI is InChI=1S/C14H21NO2/c1-3-15-8-9-16-14(10-15)11-17-13-6-4-12(2)5-7-13/h4-7,14H,3,8-11H2,1-2H3. The van der Waals surface area contributed by atoms with Gasteiger partial charge in [0.05, 0.1) is 6.61 Å². The van der Waals surface area contributed by atoms with E-state index in [2.05, 4.69) is 30.9 Å². The molecule has 1 aromatic rings. The fourth-order valence-corrected chi connectivity index (χ4v) is 1.99. The lowest BCUT2D eigenvalue weighted by Gasteiger charge is -2.31. The van der Waals surface area contributed by atoms with E-state index in [1.807, 2.05) is 12.1 Å². The van der Waals surface area contributed by atoms with Crippen molar-refractivity contribution in [2.75, 3.05) is 32.8 Å². The van der Waals surface area contributed by atoms with Gasteiger partial charge in [-0.05, 0) is 25.6 Å². The number of nitrogens with zero attached hydrogens (tertiary/aromatic N) is 1. The van der Waals surface area contributed by atoms with E-state index in [1.165, 1.54) is 5.56 Å². The average Bonchev–Trinajstić information content (AvgIpc) is 2.38. The zero-order valence-corrected chi connectivity index (χ0v) is 10.7. The molecule has 0 radical (unpaired) electrons. The molecule has 1 fully saturated rings. The van der Waals surface area contributed by atoms with Crippen LogP contribution in [0.2, 0.25) is 0 Å². The van der Waals surface area contributed by atoms with Crippen molar-refractivity contribution in [2.24, 2.45) is 0 Å². The first-order chi connectivity index (χ1) is 8.28. The lowest BCUT2D eigenvalue weighted by Crippen LogP contribution is -2.44. The topological polar surface area (TPSA) is 21.7 Å². The molecule has 3 nitrogen and oxygen atoms in total. The van der Waals surface area contributed by atoms with Gasteiger partial charge in [-0.1, -0.05) is 24.6 Å². The van der Waals surface area contributed by atoms with Gasteiger partial charge in [-0.3, -0.25) is 4.90 Å². The van der Waals surface area contributed by atoms with Crippen LogP contribution < -0.4 is 4.74 Å². The highest BCUT2D eigenvalue weighted by Crippen LogP contribution is 2.13. The van der Waals surface area contributed by atoms with Gasteiger partial charge in [0.25, 0.3) is 0 Å².